The Bertz CT molecular complexity index is 1300. The molecule has 0 bridgehead atoms. The van der Waals surface area contributed by atoms with E-state index >= 15 is 0 Å². The van der Waals surface area contributed by atoms with Crippen molar-refractivity contribution in [2.45, 2.75) is 19.1 Å². The molecule has 12 heteroatoms. The molecule has 3 rings (SSSR count). The van der Waals surface area contributed by atoms with Gasteiger partial charge in [0.15, 0.2) is 0 Å². The fourth-order valence-electron chi connectivity index (χ4n) is 3.28. The highest BCUT2D eigenvalue weighted by atomic mass is 32.2. The van der Waals surface area contributed by atoms with E-state index < -0.39 is 40.3 Å². The van der Waals surface area contributed by atoms with Gasteiger partial charge >= 0.3 is 6.18 Å². The van der Waals surface area contributed by atoms with Gasteiger partial charge in [0.2, 0.25) is 10.0 Å². The first kappa shape index (κ1) is 26.8. The number of amides is 1. The third-order valence-corrected chi connectivity index (χ3v) is 6.25. The van der Waals surface area contributed by atoms with Crippen molar-refractivity contribution in [1.82, 2.24) is 5.48 Å². The molecule has 1 unspecified atom stereocenters. The monoisotopic (exact) mass is 523 g/mol. The highest BCUT2D eigenvalue weighted by molar-refractivity contribution is 7.92. The predicted octanol–water partition coefficient (Wildman–Crippen LogP) is 4.56. The second-order valence-corrected chi connectivity index (χ2v) is 9.86. The van der Waals surface area contributed by atoms with Gasteiger partial charge in [0, 0.05) is 5.69 Å². The lowest BCUT2D eigenvalue weighted by Gasteiger charge is -2.28. The van der Waals surface area contributed by atoms with E-state index in [1.165, 1.54) is 35.8 Å². The maximum Gasteiger partial charge on any atom is 0.416 e. The Morgan fingerprint density at radius 2 is 1.61 bits per heavy atom. The zero-order valence-electron chi connectivity index (χ0n) is 19.3. The van der Waals surface area contributed by atoms with E-state index in [9.17, 15) is 26.4 Å². The van der Waals surface area contributed by atoms with E-state index in [4.69, 9.17) is 9.94 Å². The molecule has 8 nitrogen and oxygen atoms in total. The summed E-state index contributed by atoms with van der Waals surface area (Å²) in [4.78, 5) is 12.3. The number of alkyl halides is 3. The molecular formula is C24H24F3N3O5S. The van der Waals surface area contributed by atoms with Gasteiger partial charge in [-0.3, -0.25) is 14.3 Å². The van der Waals surface area contributed by atoms with Crippen molar-refractivity contribution < 1.29 is 36.3 Å². The van der Waals surface area contributed by atoms with E-state index in [0.717, 1.165) is 34.3 Å². The molecule has 0 spiro atoms. The number of carbonyl (C=O) groups excluding carboxylic acids is 1. The van der Waals surface area contributed by atoms with Crippen LogP contribution in [0.4, 0.5) is 24.5 Å². The number of rotatable bonds is 9. The van der Waals surface area contributed by atoms with Crippen LogP contribution in [0.3, 0.4) is 0 Å². The van der Waals surface area contributed by atoms with E-state index in [0.29, 0.717) is 11.5 Å². The number of halogens is 3. The molecule has 0 radical (unpaired) electrons. The predicted molar refractivity (Wildman–Crippen MR) is 129 cm³/mol. The van der Waals surface area contributed by atoms with E-state index in [2.05, 4.69) is 5.32 Å². The number of aryl methyl sites for hydroxylation is 1. The number of nitrogens with zero attached hydrogens (tertiary/aromatic N) is 1. The number of ether oxygens (including phenoxy) is 1. The molecule has 3 aromatic rings. The van der Waals surface area contributed by atoms with Crippen LogP contribution in [0, 0.1) is 6.92 Å². The molecule has 0 aliphatic rings. The molecule has 192 valence electrons. The summed E-state index contributed by atoms with van der Waals surface area (Å²) < 4.78 is 70.9. The Balaban J connectivity index is 1.84. The maximum atomic E-state index is 13.1. The average molecular weight is 524 g/mol. The number of nitrogens with one attached hydrogen (secondary N) is 2. The minimum Gasteiger partial charge on any atom is -0.457 e. The molecule has 1 atom stereocenters. The fraction of sp³-hybridized carbons (Fsp3) is 0.208. The van der Waals surface area contributed by atoms with Gasteiger partial charge in [-0.2, -0.15) is 13.2 Å². The second-order valence-electron chi connectivity index (χ2n) is 7.95. The van der Waals surface area contributed by atoms with E-state index in [1.54, 1.807) is 12.1 Å². The lowest BCUT2D eigenvalue weighted by atomic mass is 10.1. The smallest absolute Gasteiger partial charge is 0.416 e. The molecule has 0 saturated carbocycles. The standard InChI is InChI=1S/C24H24F3N3O5S/c1-16-6-10-20(11-7-16)35-21-12-8-19(9-13-21)30(36(2,33)34)15-22(23(31)29-32)28-18-5-3-4-17(14-18)24(25,26)27/h3-14,22,28,32H,15H2,1-2H3,(H,29,31). The highest BCUT2D eigenvalue weighted by Gasteiger charge is 2.31. The molecule has 1 amide bonds. The number of benzene rings is 3. The van der Waals surface area contributed by atoms with Gasteiger partial charge in [0.1, 0.15) is 17.5 Å². The summed E-state index contributed by atoms with van der Waals surface area (Å²) in [5.74, 6) is -0.0264. The van der Waals surface area contributed by atoms with Crippen molar-refractivity contribution in [3.8, 4) is 11.5 Å². The Kier molecular flexibility index (Phi) is 8.10. The van der Waals surface area contributed by atoms with Gasteiger partial charge in [0.05, 0.1) is 24.1 Å². The quantitative estimate of drug-likeness (QED) is 0.280. The van der Waals surface area contributed by atoms with Crippen LogP contribution in [0.15, 0.2) is 72.8 Å². The molecule has 0 aliphatic heterocycles. The number of hydrogen-bond donors (Lipinski definition) is 3. The first-order valence-electron chi connectivity index (χ1n) is 10.6. The first-order chi connectivity index (χ1) is 16.9. The van der Waals surface area contributed by atoms with E-state index in [1.807, 2.05) is 19.1 Å². The molecule has 36 heavy (non-hydrogen) atoms. The van der Waals surface area contributed by atoms with Crippen LogP contribution < -0.4 is 19.8 Å². The minimum absolute atomic E-state index is 0.0891. The van der Waals surface area contributed by atoms with Crippen LogP contribution in [0.2, 0.25) is 0 Å². The van der Waals surface area contributed by atoms with Crippen molar-refractivity contribution >= 4 is 27.3 Å². The summed E-state index contributed by atoms with van der Waals surface area (Å²) >= 11 is 0. The van der Waals surface area contributed by atoms with Crippen molar-refractivity contribution in [2.24, 2.45) is 0 Å². The van der Waals surface area contributed by atoms with Gasteiger partial charge in [-0.25, -0.2) is 13.9 Å². The Morgan fingerprint density at radius 3 is 2.14 bits per heavy atom. The van der Waals surface area contributed by atoms with Crippen LogP contribution >= 0.6 is 0 Å². The van der Waals surface area contributed by atoms with Crippen molar-refractivity contribution in [3.63, 3.8) is 0 Å². The molecule has 0 aliphatic carbocycles. The first-order valence-corrected chi connectivity index (χ1v) is 12.4. The van der Waals surface area contributed by atoms with Crippen molar-refractivity contribution in [1.29, 1.82) is 0 Å². The largest absolute Gasteiger partial charge is 0.457 e. The molecule has 3 aromatic carbocycles. The van der Waals surface area contributed by atoms with Gasteiger partial charge in [0.25, 0.3) is 5.91 Å². The SMILES string of the molecule is Cc1ccc(Oc2ccc(N(CC(Nc3cccc(C(F)(F)F)c3)C(=O)NO)S(C)(=O)=O)cc2)cc1. The third-order valence-electron chi connectivity index (χ3n) is 5.09. The molecule has 3 N–H and O–H groups in total. The summed E-state index contributed by atoms with van der Waals surface area (Å²) in [5, 5.41) is 11.7. The number of hydroxylamine groups is 1. The Hall–Kier alpha value is -3.77. The lowest BCUT2D eigenvalue weighted by molar-refractivity contribution is -0.137. The topological polar surface area (TPSA) is 108 Å². The summed E-state index contributed by atoms with van der Waals surface area (Å²) in [6, 6.07) is 15.9. The van der Waals surface area contributed by atoms with Crippen LogP contribution in [-0.2, 0) is 21.0 Å². The lowest BCUT2D eigenvalue weighted by Crippen LogP contribution is -2.48. The number of hydrogen-bond acceptors (Lipinski definition) is 6. The summed E-state index contributed by atoms with van der Waals surface area (Å²) in [7, 11) is -3.94. The summed E-state index contributed by atoms with van der Waals surface area (Å²) in [6.45, 7) is 1.41. The summed E-state index contributed by atoms with van der Waals surface area (Å²) in [5.41, 5.74) is 1.60. The average Bonchev–Trinajstić information content (AvgIpc) is 2.82. The van der Waals surface area contributed by atoms with Crippen molar-refractivity contribution in [2.75, 3.05) is 22.4 Å². The zero-order chi connectivity index (χ0) is 26.5. The minimum atomic E-state index is -4.62. The normalized spacial score (nSPS) is 12.5. The number of sulfonamides is 1. The zero-order valence-corrected chi connectivity index (χ0v) is 20.1. The van der Waals surface area contributed by atoms with Crippen LogP contribution in [-0.4, -0.2) is 38.4 Å². The molecule has 0 heterocycles. The van der Waals surface area contributed by atoms with Crippen LogP contribution in [0.25, 0.3) is 0 Å². The van der Waals surface area contributed by atoms with Crippen molar-refractivity contribution in [3.05, 3.63) is 83.9 Å². The maximum absolute atomic E-state index is 13.1. The van der Waals surface area contributed by atoms with E-state index in [-0.39, 0.29) is 11.4 Å². The molecule has 0 saturated heterocycles. The molecule has 0 fully saturated rings. The van der Waals surface area contributed by atoms with Gasteiger partial charge < -0.3 is 10.1 Å². The van der Waals surface area contributed by atoms with Gasteiger partial charge in [-0.05, 0) is 61.5 Å². The molecule has 0 aromatic heterocycles. The Labute approximate surface area is 206 Å². The summed E-state index contributed by atoms with van der Waals surface area (Å²) in [6.07, 6.45) is -3.70. The highest BCUT2D eigenvalue weighted by Crippen LogP contribution is 2.31. The van der Waals surface area contributed by atoms with Crippen LogP contribution in [0.5, 0.6) is 11.5 Å². The third kappa shape index (κ3) is 7.12. The van der Waals surface area contributed by atoms with Gasteiger partial charge in [-0.1, -0.05) is 23.8 Å². The second kappa shape index (κ2) is 10.9. The number of carbonyl (C=O) groups is 1. The Morgan fingerprint density at radius 1 is 1.03 bits per heavy atom. The van der Waals surface area contributed by atoms with Gasteiger partial charge in [-0.15, -0.1) is 0 Å². The fourth-order valence-corrected chi connectivity index (χ4v) is 4.20. The molecular weight excluding hydrogens is 499 g/mol. The van der Waals surface area contributed by atoms with Crippen LogP contribution in [0.1, 0.15) is 11.1 Å². The number of anilines is 2.